The van der Waals surface area contributed by atoms with Crippen molar-refractivity contribution in [3.05, 3.63) is 76.5 Å². The van der Waals surface area contributed by atoms with E-state index in [1.807, 2.05) is 19.1 Å². The second-order valence-corrected chi connectivity index (χ2v) is 6.69. The summed E-state index contributed by atoms with van der Waals surface area (Å²) in [5.74, 6) is -0.721. The molecule has 0 radical (unpaired) electrons. The maximum Gasteiger partial charge on any atom is 0.340 e. The number of esters is 2. The highest BCUT2D eigenvalue weighted by molar-refractivity contribution is 6.23. The molecule has 0 saturated heterocycles. The Morgan fingerprint density at radius 2 is 1.55 bits per heavy atom. The molecule has 0 unspecified atom stereocenters. The van der Waals surface area contributed by atoms with Gasteiger partial charge in [-0.3, -0.25) is 9.69 Å². The number of allylic oxidation sites excluding steroid dienone is 1. The minimum Gasteiger partial charge on any atom is -0.494 e. The number of amides is 1. The maximum absolute atomic E-state index is 13.3. The van der Waals surface area contributed by atoms with Gasteiger partial charge in [-0.1, -0.05) is 12.1 Å². The topological polar surface area (TPSA) is 82.1 Å². The van der Waals surface area contributed by atoms with Crippen molar-refractivity contribution in [2.45, 2.75) is 13.8 Å². The number of methoxy groups -OCH3 is 2. The van der Waals surface area contributed by atoms with Gasteiger partial charge in [-0.25, -0.2) is 9.59 Å². The Kier molecular flexibility index (Phi) is 6.55. The first-order valence-electron chi connectivity index (χ1n) is 9.68. The summed E-state index contributed by atoms with van der Waals surface area (Å²) in [6.07, 6.45) is 1.65. The molecule has 0 fully saturated rings. The molecule has 31 heavy (non-hydrogen) atoms. The van der Waals surface area contributed by atoms with Crippen LogP contribution in [0.15, 0.2) is 65.4 Å². The van der Waals surface area contributed by atoms with Crippen molar-refractivity contribution >= 4 is 29.6 Å². The summed E-state index contributed by atoms with van der Waals surface area (Å²) < 4.78 is 15.1. The smallest absolute Gasteiger partial charge is 0.340 e. The number of benzene rings is 2. The molecular weight excluding hydrogens is 398 g/mol. The number of hydrogen-bond acceptors (Lipinski definition) is 6. The summed E-state index contributed by atoms with van der Waals surface area (Å²) >= 11 is 0. The molecule has 3 rings (SSSR count). The Morgan fingerprint density at radius 3 is 2.10 bits per heavy atom. The first-order chi connectivity index (χ1) is 14.9. The zero-order valence-corrected chi connectivity index (χ0v) is 17.8. The molecule has 2 aromatic rings. The summed E-state index contributed by atoms with van der Waals surface area (Å²) in [5, 5.41) is 0. The Bertz CT molecular complexity index is 1060. The van der Waals surface area contributed by atoms with Gasteiger partial charge in [0.1, 0.15) is 5.75 Å². The lowest BCUT2D eigenvalue weighted by molar-refractivity contribution is -0.136. The Hall–Kier alpha value is -3.87. The van der Waals surface area contributed by atoms with Gasteiger partial charge in [0.2, 0.25) is 0 Å². The summed E-state index contributed by atoms with van der Waals surface area (Å²) in [5.41, 5.74) is 2.48. The van der Waals surface area contributed by atoms with Crippen molar-refractivity contribution in [3.63, 3.8) is 0 Å². The number of carbonyl (C=O) groups excluding carboxylic acids is 3. The summed E-state index contributed by atoms with van der Waals surface area (Å²) in [4.78, 5) is 38.9. The number of rotatable bonds is 6. The monoisotopic (exact) mass is 421 g/mol. The molecule has 1 amide bonds. The van der Waals surface area contributed by atoms with E-state index >= 15 is 0 Å². The van der Waals surface area contributed by atoms with E-state index in [9.17, 15) is 14.4 Å². The molecule has 7 heteroatoms. The first-order valence-corrected chi connectivity index (χ1v) is 9.68. The van der Waals surface area contributed by atoms with Crippen molar-refractivity contribution in [2.24, 2.45) is 0 Å². The molecule has 0 N–H and O–H groups in total. The third kappa shape index (κ3) is 4.35. The summed E-state index contributed by atoms with van der Waals surface area (Å²) in [6, 6.07) is 13.6. The van der Waals surface area contributed by atoms with Gasteiger partial charge in [0, 0.05) is 11.4 Å². The molecule has 0 saturated carbocycles. The van der Waals surface area contributed by atoms with E-state index in [4.69, 9.17) is 14.2 Å². The van der Waals surface area contributed by atoms with Crippen LogP contribution in [0.4, 0.5) is 5.69 Å². The molecule has 0 spiro atoms. The highest BCUT2D eigenvalue weighted by Gasteiger charge is 2.37. The van der Waals surface area contributed by atoms with Crippen molar-refractivity contribution in [3.8, 4) is 5.75 Å². The van der Waals surface area contributed by atoms with E-state index in [1.165, 1.54) is 19.1 Å². The standard InChI is InChI=1S/C24H23NO6/c1-5-31-19-12-6-16(7-13-19)14-20-21(24(28)30-4)15(2)25(22(20)26)18-10-8-17(9-11-18)23(27)29-3/h6-14H,5H2,1-4H3. The highest BCUT2D eigenvalue weighted by Crippen LogP contribution is 2.35. The minimum absolute atomic E-state index is 0.193. The average Bonchev–Trinajstić information content (AvgIpc) is 3.03. The fraction of sp³-hybridized carbons (Fsp3) is 0.208. The Balaban J connectivity index is 2.02. The van der Waals surface area contributed by atoms with Crippen LogP contribution < -0.4 is 9.64 Å². The maximum atomic E-state index is 13.3. The largest absolute Gasteiger partial charge is 0.494 e. The molecule has 1 aliphatic rings. The average molecular weight is 421 g/mol. The normalized spacial score (nSPS) is 14.8. The van der Waals surface area contributed by atoms with Gasteiger partial charge in [-0.2, -0.15) is 0 Å². The summed E-state index contributed by atoms with van der Waals surface area (Å²) in [7, 11) is 2.57. The minimum atomic E-state index is -0.600. The first kappa shape index (κ1) is 21.8. The zero-order chi connectivity index (χ0) is 22.5. The van der Waals surface area contributed by atoms with Crippen molar-refractivity contribution < 1.29 is 28.6 Å². The number of carbonyl (C=O) groups is 3. The lowest BCUT2D eigenvalue weighted by atomic mass is 10.0. The number of anilines is 1. The molecule has 1 aliphatic heterocycles. The lowest BCUT2D eigenvalue weighted by Gasteiger charge is -2.18. The van der Waals surface area contributed by atoms with Crippen molar-refractivity contribution in [2.75, 3.05) is 25.7 Å². The van der Waals surface area contributed by atoms with E-state index in [1.54, 1.807) is 49.4 Å². The molecular formula is C24H23NO6. The van der Waals surface area contributed by atoms with Gasteiger partial charge in [0.05, 0.1) is 37.5 Å². The van der Waals surface area contributed by atoms with Gasteiger partial charge in [-0.05, 0) is 61.9 Å². The number of nitrogens with zero attached hydrogens (tertiary/aromatic N) is 1. The molecule has 0 atom stereocenters. The third-order valence-corrected chi connectivity index (χ3v) is 4.84. The Labute approximate surface area is 180 Å². The van der Waals surface area contributed by atoms with Gasteiger partial charge in [-0.15, -0.1) is 0 Å². The molecule has 1 heterocycles. The molecule has 160 valence electrons. The van der Waals surface area contributed by atoms with E-state index in [0.717, 1.165) is 11.3 Å². The number of hydrogen-bond donors (Lipinski definition) is 0. The predicted molar refractivity (Wildman–Crippen MR) is 116 cm³/mol. The fourth-order valence-corrected chi connectivity index (χ4v) is 3.35. The van der Waals surface area contributed by atoms with Gasteiger partial charge < -0.3 is 14.2 Å². The number of ether oxygens (including phenoxy) is 3. The van der Waals surface area contributed by atoms with Crippen LogP contribution in [0.1, 0.15) is 29.8 Å². The van der Waals surface area contributed by atoms with E-state index in [2.05, 4.69) is 0 Å². The van der Waals surface area contributed by atoms with E-state index in [0.29, 0.717) is 23.6 Å². The molecule has 7 nitrogen and oxygen atoms in total. The van der Waals surface area contributed by atoms with Crippen LogP contribution in [0.5, 0.6) is 5.75 Å². The van der Waals surface area contributed by atoms with E-state index < -0.39 is 11.9 Å². The molecule has 0 aromatic heterocycles. The fourth-order valence-electron chi connectivity index (χ4n) is 3.35. The second kappa shape index (κ2) is 9.30. The lowest BCUT2D eigenvalue weighted by Crippen LogP contribution is -2.24. The van der Waals surface area contributed by atoms with Crippen LogP contribution in [0.3, 0.4) is 0 Å². The van der Waals surface area contributed by atoms with Crippen LogP contribution in [0.25, 0.3) is 6.08 Å². The van der Waals surface area contributed by atoms with Crippen LogP contribution in [-0.2, 0) is 19.1 Å². The van der Waals surface area contributed by atoms with Crippen molar-refractivity contribution in [1.29, 1.82) is 0 Å². The predicted octanol–water partition coefficient (Wildman–Crippen LogP) is 3.75. The Morgan fingerprint density at radius 1 is 0.935 bits per heavy atom. The van der Waals surface area contributed by atoms with Crippen LogP contribution in [0.2, 0.25) is 0 Å². The van der Waals surface area contributed by atoms with Crippen LogP contribution in [-0.4, -0.2) is 38.7 Å². The van der Waals surface area contributed by atoms with Crippen molar-refractivity contribution in [1.82, 2.24) is 0 Å². The zero-order valence-electron chi connectivity index (χ0n) is 17.8. The van der Waals surface area contributed by atoms with Gasteiger partial charge in [0.25, 0.3) is 5.91 Å². The van der Waals surface area contributed by atoms with Crippen LogP contribution in [0, 0.1) is 0 Å². The molecule has 0 bridgehead atoms. The third-order valence-electron chi connectivity index (χ3n) is 4.84. The summed E-state index contributed by atoms with van der Waals surface area (Å²) in [6.45, 7) is 4.13. The highest BCUT2D eigenvalue weighted by atomic mass is 16.5. The van der Waals surface area contributed by atoms with Gasteiger partial charge >= 0.3 is 11.9 Å². The van der Waals surface area contributed by atoms with Crippen LogP contribution >= 0.6 is 0 Å². The second-order valence-electron chi connectivity index (χ2n) is 6.69. The molecule has 0 aliphatic carbocycles. The SMILES string of the molecule is CCOc1ccc(C=C2C(=O)N(c3ccc(C(=O)OC)cc3)C(C)=C2C(=O)OC)cc1. The molecule has 2 aromatic carbocycles. The van der Waals surface area contributed by atoms with Gasteiger partial charge in [0.15, 0.2) is 0 Å². The van der Waals surface area contributed by atoms with E-state index in [-0.39, 0.29) is 17.1 Å². The quantitative estimate of drug-likeness (QED) is 0.522.